The van der Waals surface area contributed by atoms with Crippen molar-refractivity contribution in [3.05, 3.63) is 59.7 Å². The van der Waals surface area contributed by atoms with Gasteiger partial charge in [0, 0.05) is 26.2 Å². The molecule has 9 heteroatoms. The fourth-order valence-electron chi connectivity index (χ4n) is 3.70. The van der Waals surface area contributed by atoms with Crippen LogP contribution in [0.5, 0.6) is 5.75 Å². The number of nitrogens with zero attached hydrogens (tertiary/aromatic N) is 3. The first-order valence-electron chi connectivity index (χ1n) is 9.82. The number of benzene rings is 2. The Kier molecular flexibility index (Phi) is 5.59. The fraction of sp³-hybridized carbons (Fsp3) is 0.333. The summed E-state index contributed by atoms with van der Waals surface area (Å²) in [5.41, 5.74) is 0.832. The highest BCUT2D eigenvalue weighted by molar-refractivity contribution is 7.89. The van der Waals surface area contributed by atoms with Gasteiger partial charge < -0.3 is 4.74 Å². The van der Waals surface area contributed by atoms with Gasteiger partial charge in [0.1, 0.15) is 5.75 Å². The summed E-state index contributed by atoms with van der Waals surface area (Å²) < 4.78 is 32.6. The van der Waals surface area contributed by atoms with Gasteiger partial charge >= 0.3 is 0 Å². The van der Waals surface area contributed by atoms with Crippen molar-refractivity contribution in [3.8, 4) is 5.75 Å². The van der Waals surface area contributed by atoms with E-state index in [1.165, 1.54) is 9.21 Å². The SMILES string of the molecule is CCOc1ccc(S(=O)(=O)N2CCN(CN3C(=O)c4ccccc4C3=O)CC2)cc1. The van der Waals surface area contributed by atoms with Crippen LogP contribution < -0.4 is 4.74 Å². The molecule has 2 amide bonds. The molecule has 2 aromatic rings. The lowest BCUT2D eigenvalue weighted by atomic mass is 10.1. The van der Waals surface area contributed by atoms with Gasteiger partial charge in [0.25, 0.3) is 11.8 Å². The largest absolute Gasteiger partial charge is 0.494 e. The molecular formula is C21H23N3O5S. The van der Waals surface area contributed by atoms with Gasteiger partial charge in [0.15, 0.2) is 0 Å². The van der Waals surface area contributed by atoms with Gasteiger partial charge in [-0.2, -0.15) is 4.31 Å². The van der Waals surface area contributed by atoms with E-state index in [0.717, 1.165) is 0 Å². The Labute approximate surface area is 175 Å². The molecule has 0 spiro atoms. The van der Waals surface area contributed by atoms with Crippen LogP contribution in [0.15, 0.2) is 53.4 Å². The highest BCUT2D eigenvalue weighted by Crippen LogP contribution is 2.24. The van der Waals surface area contributed by atoms with E-state index in [-0.39, 0.29) is 23.4 Å². The second-order valence-electron chi connectivity index (χ2n) is 7.15. The van der Waals surface area contributed by atoms with Crippen molar-refractivity contribution < 1.29 is 22.7 Å². The Hall–Kier alpha value is -2.75. The number of carbonyl (C=O) groups excluding carboxylic acids is 2. The Balaban J connectivity index is 1.38. The van der Waals surface area contributed by atoms with E-state index in [1.54, 1.807) is 48.5 Å². The minimum atomic E-state index is -3.61. The van der Waals surface area contributed by atoms with Crippen LogP contribution in [0.25, 0.3) is 0 Å². The molecule has 0 N–H and O–H groups in total. The quantitative estimate of drug-likeness (QED) is 0.649. The number of rotatable bonds is 6. The van der Waals surface area contributed by atoms with Gasteiger partial charge in [0.05, 0.1) is 29.3 Å². The third-order valence-corrected chi connectivity index (χ3v) is 7.24. The molecule has 2 aliphatic heterocycles. The van der Waals surface area contributed by atoms with Crippen LogP contribution in [-0.4, -0.2) is 73.8 Å². The molecule has 0 saturated carbocycles. The van der Waals surface area contributed by atoms with Crippen molar-refractivity contribution in [1.82, 2.24) is 14.1 Å². The monoisotopic (exact) mass is 429 g/mol. The van der Waals surface area contributed by atoms with Crippen LogP contribution in [0.2, 0.25) is 0 Å². The minimum absolute atomic E-state index is 0.156. The predicted octanol–water partition coefficient (Wildman–Crippen LogP) is 1.65. The summed E-state index contributed by atoms with van der Waals surface area (Å²) in [6.45, 7) is 3.99. The maximum Gasteiger partial charge on any atom is 0.262 e. The first-order chi connectivity index (χ1) is 14.4. The second kappa shape index (κ2) is 8.17. The Morgan fingerprint density at radius 1 is 0.867 bits per heavy atom. The molecule has 30 heavy (non-hydrogen) atoms. The van der Waals surface area contributed by atoms with E-state index in [9.17, 15) is 18.0 Å². The maximum absolute atomic E-state index is 12.9. The average Bonchev–Trinajstić information content (AvgIpc) is 3.00. The molecular weight excluding hydrogens is 406 g/mol. The van der Waals surface area contributed by atoms with Gasteiger partial charge in [-0.1, -0.05) is 12.1 Å². The summed E-state index contributed by atoms with van der Waals surface area (Å²) >= 11 is 0. The molecule has 1 fully saturated rings. The van der Waals surface area contributed by atoms with Gasteiger partial charge in [-0.05, 0) is 43.3 Å². The molecule has 0 aliphatic carbocycles. The van der Waals surface area contributed by atoms with Crippen molar-refractivity contribution in [2.75, 3.05) is 39.5 Å². The van der Waals surface area contributed by atoms with Crippen LogP contribution in [-0.2, 0) is 10.0 Å². The number of carbonyl (C=O) groups is 2. The third kappa shape index (κ3) is 3.71. The van der Waals surface area contributed by atoms with Crippen molar-refractivity contribution in [1.29, 1.82) is 0 Å². The molecule has 8 nitrogen and oxygen atoms in total. The standard InChI is InChI=1S/C21H23N3O5S/c1-2-29-16-7-9-17(10-8-16)30(27,28)23-13-11-22(12-14-23)15-24-20(25)18-5-3-4-6-19(18)21(24)26/h3-10H,2,11-15H2,1H3. The number of hydrogen-bond acceptors (Lipinski definition) is 6. The molecule has 0 unspecified atom stereocenters. The normalized spacial score (nSPS) is 18.0. The van der Waals surface area contributed by atoms with Crippen LogP contribution >= 0.6 is 0 Å². The lowest BCUT2D eigenvalue weighted by Crippen LogP contribution is -2.52. The zero-order chi connectivity index (χ0) is 21.3. The van der Waals surface area contributed by atoms with E-state index in [2.05, 4.69) is 0 Å². The first-order valence-corrected chi connectivity index (χ1v) is 11.3. The molecule has 2 aromatic carbocycles. The molecule has 0 bridgehead atoms. The van der Waals surface area contributed by atoms with Crippen LogP contribution in [0, 0.1) is 0 Å². The lowest BCUT2D eigenvalue weighted by Gasteiger charge is -2.35. The number of ether oxygens (including phenoxy) is 1. The van der Waals surface area contributed by atoms with Crippen molar-refractivity contribution in [3.63, 3.8) is 0 Å². The molecule has 2 heterocycles. The van der Waals surface area contributed by atoms with Crippen LogP contribution in [0.3, 0.4) is 0 Å². The van der Waals surface area contributed by atoms with E-state index >= 15 is 0 Å². The number of sulfonamides is 1. The number of imide groups is 1. The summed E-state index contributed by atoms with van der Waals surface area (Å²) in [5.74, 6) is 0.0160. The van der Waals surface area contributed by atoms with E-state index in [1.807, 2.05) is 11.8 Å². The highest BCUT2D eigenvalue weighted by atomic mass is 32.2. The molecule has 2 aliphatic rings. The summed E-state index contributed by atoms with van der Waals surface area (Å²) in [4.78, 5) is 28.4. The molecule has 0 radical (unpaired) electrons. The summed E-state index contributed by atoms with van der Waals surface area (Å²) in [5, 5.41) is 0. The summed E-state index contributed by atoms with van der Waals surface area (Å²) in [7, 11) is -3.61. The maximum atomic E-state index is 12.9. The summed E-state index contributed by atoms with van der Waals surface area (Å²) in [6, 6.07) is 13.2. The van der Waals surface area contributed by atoms with Crippen molar-refractivity contribution in [2.24, 2.45) is 0 Å². The van der Waals surface area contributed by atoms with E-state index in [0.29, 0.717) is 49.7 Å². The van der Waals surface area contributed by atoms with E-state index in [4.69, 9.17) is 4.74 Å². The average molecular weight is 429 g/mol. The van der Waals surface area contributed by atoms with Crippen molar-refractivity contribution in [2.45, 2.75) is 11.8 Å². The van der Waals surface area contributed by atoms with Gasteiger partial charge in [-0.3, -0.25) is 19.4 Å². The zero-order valence-electron chi connectivity index (χ0n) is 16.7. The van der Waals surface area contributed by atoms with Gasteiger partial charge in [0.2, 0.25) is 10.0 Å². The van der Waals surface area contributed by atoms with Crippen LogP contribution in [0.1, 0.15) is 27.6 Å². The number of piperazine rings is 1. The number of amides is 2. The molecule has 4 rings (SSSR count). The molecule has 0 atom stereocenters. The Morgan fingerprint density at radius 3 is 1.97 bits per heavy atom. The van der Waals surface area contributed by atoms with E-state index < -0.39 is 10.0 Å². The smallest absolute Gasteiger partial charge is 0.262 e. The Morgan fingerprint density at radius 2 is 1.43 bits per heavy atom. The lowest BCUT2D eigenvalue weighted by molar-refractivity contribution is 0.0500. The minimum Gasteiger partial charge on any atom is -0.494 e. The second-order valence-corrected chi connectivity index (χ2v) is 9.09. The van der Waals surface area contributed by atoms with Gasteiger partial charge in [-0.15, -0.1) is 0 Å². The fourth-order valence-corrected chi connectivity index (χ4v) is 5.12. The number of fused-ring (bicyclic) bond motifs is 1. The molecule has 0 aromatic heterocycles. The van der Waals surface area contributed by atoms with Crippen LogP contribution in [0.4, 0.5) is 0 Å². The van der Waals surface area contributed by atoms with Crippen molar-refractivity contribution >= 4 is 21.8 Å². The highest BCUT2D eigenvalue weighted by Gasteiger charge is 2.37. The third-order valence-electron chi connectivity index (χ3n) is 5.32. The molecule has 158 valence electrons. The number of hydrogen-bond donors (Lipinski definition) is 0. The topological polar surface area (TPSA) is 87.2 Å². The first kappa shape index (κ1) is 20.5. The Bertz CT molecular complexity index is 1030. The molecule has 1 saturated heterocycles. The zero-order valence-corrected chi connectivity index (χ0v) is 17.5. The predicted molar refractivity (Wildman–Crippen MR) is 110 cm³/mol. The summed E-state index contributed by atoms with van der Waals surface area (Å²) in [6.07, 6.45) is 0. The van der Waals surface area contributed by atoms with Gasteiger partial charge in [-0.25, -0.2) is 8.42 Å².